The molecule has 0 unspecified atom stereocenters. The van der Waals surface area contributed by atoms with Crippen LogP contribution in [0.5, 0.6) is 0 Å². The summed E-state index contributed by atoms with van der Waals surface area (Å²) in [6, 6.07) is 4.36. The van der Waals surface area contributed by atoms with E-state index >= 15 is 0 Å². The molecule has 0 radical (unpaired) electrons. The number of hydrogen-bond donors (Lipinski definition) is 0. The van der Waals surface area contributed by atoms with Crippen molar-refractivity contribution in [3.8, 4) is 11.8 Å². The van der Waals surface area contributed by atoms with E-state index < -0.39 is 5.82 Å². The van der Waals surface area contributed by atoms with E-state index in [9.17, 15) is 4.39 Å². The Morgan fingerprint density at radius 1 is 1.57 bits per heavy atom. The summed E-state index contributed by atoms with van der Waals surface area (Å²) >= 11 is 5.63. The van der Waals surface area contributed by atoms with Crippen LogP contribution in [0.25, 0.3) is 10.4 Å². The van der Waals surface area contributed by atoms with Crippen molar-refractivity contribution in [2.75, 3.05) is 6.54 Å². The first-order chi connectivity index (χ1) is 6.75. The van der Waals surface area contributed by atoms with Crippen LogP contribution in [0.4, 0.5) is 4.39 Å². The second-order valence-electron chi connectivity index (χ2n) is 2.29. The summed E-state index contributed by atoms with van der Waals surface area (Å²) in [5.41, 5.74) is 8.36. The second kappa shape index (κ2) is 5.13. The highest BCUT2D eigenvalue weighted by molar-refractivity contribution is 6.31. The van der Waals surface area contributed by atoms with Crippen LogP contribution in [-0.4, -0.2) is 6.54 Å². The fraction of sp³-hybridized carbons (Fsp3) is 0.111. The lowest BCUT2D eigenvalue weighted by Crippen LogP contribution is -1.82. The summed E-state index contributed by atoms with van der Waals surface area (Å²) < 4.78 is 12.9. The molecule has 0 N–H and O–H groups in total. The molecule has 0 amide bonds. The molecule has 70 valence electrons. The molecule has 0 spiro atoms. The number of hydrogen-bond acceptors (Lipinski definition) is 1. The largest absolute Gasteiger partial charge is 0.205 e. The molecule has 0 atom stereocenters. The van der Waals surface area contributed by atoms with Crippen molar-refractivity contribution >= 4 is 11.6 Å². The summed E-state index contributed by atoms with van der Waals surface area (Å²) in [4.78, 5) is 2.52. The van der Waals surface area contributed by atoms with Gasteiger partial charge in [0, 0.05) is 10.5 Å². The first kappa shape index (κ1) is 10.4. The summed E-state index contributed by atoms with van der Waals surface area (Å²) in [5.74, 6) is 4.64. The number of rotatable bonds is 1. The summed E-state index contributed by atoms with van der Waals surface area (Å²) in [6.07, 6.45) is 0. The van der Waals surface area contributed by atoms with E-state index in [2.05, 4.69) is 21.9 Å². The fourth-order valence-electron chi connectivity index (χ4n) is 0.802. The molecule has 0 aromatic heterocycles. The SMILES string of the molecule is [N-]=[N+]=NCC#Cc1cccc(F)c1Cl. The second-order valence-corrected chi connectivity index (χ2v) is 2.67. The molecular formula is C9H5ClFN3. The van der Waals surface area contributed by atoms with E-state index in [1.807, 2.05) is 0 Å². The van der Waals surface area contributed by atoms with E-state index in [0.29, 0.717) is 5.56 Å². The van der Waals surface area contributed by atoms with Gasteiger partial charge in [0.1, 0.15) is 5.82 Å². The van der Waals surface area contributed by atoms with Crippen molar-refractivity contribution in [3.63, 3.8) is 0 Å². The minimum atomic E-state index is -0.512. The molecule has 0 fully saturated rings. The highest BCUT2D eigenvalue weighted by Crippen LogP contribution is 2.18. The van der Waals surface area contributed by atoms with Crippen LogP contribution in [0.1, 0.15) is 5.56 Å². The molecule has 1 rings (SSSR count). The Morgan fingerprint density at radius 2 is 2.36 bits per heavy atom. The molecule has 14 heavy (non-hydrogen) atoms. The van der Waals surface area contributed by atoms with Crippen molar-refractivity contribution in [3.05, 3.63) is 45.0 Å². The number of halogens is 2. The zero-order valence-electron chi connectivity index (χ0n) is 7.04. The van der Waals surface area contributed by atoms with Gasteiger partial charge in [-0.05, 0) is 17.7 Å². The Labute approximate surface area is 85.1 Å². The minimum Gasteiger partial charge on any atom is -0.205 e. The van der Waals surface area contributed by atoms with Gasteiger partial charge >= 0.3 is 0 Å². The lowest BCUT2D eigenvalue weighted by atomic mass is 10.2. The van der Waals surface area contributed by atoms with Gasteiger partial charge in [0.2, 0.25) is 0 Å². The Hall–Kier alpha value is -1.69. The third kappa shape index (κ3) is 2.67. The normalized spacial score (nSPS) is 8.43. The molecule has 0 aliphatic carbocycles. The smallest absolute Gasteiger partial charge is 0.143 e. The standard InChI is InChI=1S/C9H5ClFN3/c10-9-7(3-1-5-8(9)11)4-2-6-13-14-12/h1,3,5H,6H2. The third-order valence-corrected chi connectivity index (χ3v) is 1.77. The molecule has 0 bridgehead atoms. The van der Waals surface area contributed by atoms with E-state index in [4.69, 9.17) is 17.1 Å². The Bertz CT molecular complexity index is 441. The van der Waals surface area contributed by atoms with Crippen molar-refractivity contribution in [1.29, 1.82) is 0 Å². The van der Waals surface area contributed by atoms with Gasteiger partial charge in [-0.15, -0.1) is 0 Å². The van der Waals surface area contributed by atoms with Crippen molar-refractivity contribution in [2.45, 2.75) is 0 Å². The van der Waals surface area contributed by atoms with E-state index in [0.717, 1.165) is 0 Å². The molecule has 1 aromatic carbocycles. The van der Waals surface area contributed by atoms with Crippen LogP contribution in [-0.2, 0) is 0 Å². The van der Waals surface area contributed by atoms with Crippen LogP contribution in [0.3, 0.4) is 0 Å². The minimum absolute atomic E-state index is 0.0130. The average molecular weight is 210 g/mol. The van der Waals surface area contributed by atoms with Crippen LogP contribution in [0, 0.1) is 17.7 Å². The van der Waals surface area contributed by atoms with Crippen molar-refractivity contribution in [1.82, 2.24) is 0 Å². The van der Waals surface area contributed by atoms with Gasteiger partial charge in [-0.2, -0.15) is 0 Å². The number of azide groups is 1. The topological polar surface area (TPSA) is 48.8 Å². The van der Waals surface area contributed by atoms with Gasteiger partial charge in [0.15, 0.2) is 0 Å². The van der Waals surface area contributed by atoms with Gasteiger partial charge < -0.3 is 0 Å². The maximum Gasteiger partial charge on any atom is 0.143 e. The summed E-state index contributed by atoms with van der Waals surface area (Å²) in [7, 11) is 0. The van der Waals surface area contributed by atoms with Gasteiger partial charge in [-0.25, -0.2) is 4.39 Å². The summed E-state index contributed by atoms with van der Waals surface area (Å²) in [5, 5.41) is 3.20. The molecule has 0 aliphatic rings. The predicted octanol–water partition coefficient (Wildman–Crippen LogP) is 3.14. The van der Waals surface area contributed by atoms with E-state index in [1.54, 1.807) is 6.07 Å². The highest BCUT2D eigenvalue weighted by Gasteiger charge is 2.01. The number of nitrogens with zero attached hydrogens (tertiary/aromatic N) is 3. The lowest BCUT2D eigenvalue weighted by Gasteiger charge is -1.95. The number of benzene rings is 1. The molecule has 0 aliphatic heterocycles. The van der Waals surface area contributed by atoms with E-state index in [1.165, 1.54) is 12.1 Å². The predicted molar refractivity (Wildman–Crippen MR) is 52.3 cm³/mol. The van der Waals surface area contributed by atoms with E-state index in [-0.39, 0.29) is 11.6 Å². The third-order valence-electron chi connectivity index (χ3n) is 1.39. The van der Waals surface area contributed by atoms with Gasteiger partial charge in [-0.3, -0.25) is 0 Å². The maximum atomic E-state index is 12.9. The Kier molecular flexibility index (Phi) is 3.81. The van der Waals surface area contributed by atoms with Crippen LogP contribution in [0.2, 0.25) is 5.02 Å². The molecule has 0 saturated heterocycles. The van der Waals surface area contributed by atoms with Crippen molar-refractivity contribution < 1.29 is 4.39 Å². The Morgan fingerprint density at radius 3 is 3.07 bits per heavy atom. The first-order valence-electron chi connectivity index (χ1n) is 3.69. The molecule has 0 saturated carbocycles. The molecule has 3 nitrogen and oxygen atoms in total. The van der Waals surface area contributed by atoms with Crippen LogP contribution >= 0.6 is 11.6 Å². The fourth-order valence-corrected chi connectivity index (χ4v) is 0.975. The van der Waals surface area contributed by atoms with Gasteiger partial charge in [0.05, 0.1) is 11.6 Å². The quantitative estimate of drug-likeness (QED) is 0.295. The molecule has 0 heterocycles. The molecule has 5 heteroatoms. The van der Waals surface area contributed by atoms with Gasteiger partial charge in [-0.1, -0.05) is 34.6 Å². The van der Waals surface area contributed by atoms with Crippen LogP contribution in [0.15, 0.2) is 23.3 Å². The summed E-state index contributed by atoms with van der Waals surface area (Å²) in [6.45, 7) is 0.0450. The zero-order valence-corrected chi connectivity index (χ0v) is 7.79. The molecule has 1 aromatic rings. The molecular weight excluding hydrogens is 205 g/mol. The maximum absolute atomic E-state index is 12.9. The van der Waals surface area contributed by atoms with Crippen molar-refractivity contribution in [2.24, 2.45) is 5.11 Å². The lowest BCUT2D eigenvalue weighted by molar-refractivity contribution is 0.628. The monoisotopic (exact) mass is 209 g/mol. The zero-order chi connectivity index (χ0) is 10.4. The Balaban J connectivity index is 2.89. The van der Waals surface area contributed by atoms with Crippen LogP contribution < -0.4 is 0 Å². The van der Waals surface area contributed by atoms with Gasteiger partial charge in [0.25, 0.3) is 0 Å². The first-order valence-corrected chi connectivity index (χ1v) is 4.07. The highest BCUT2D eigenvalue weighted by atomic mass is 35.5. The average Bonchev–Trinajstić information content (AvgIpc) is 2.19.